The number of hydrogen-bond donors (Lipinski definition) is 2. The van der Waals surface area contributed by atoms with Gasteiger partial charge < -0.3 is 15.2 Å². The van der Waals surface area contributed by atoms with Crippen LogP contribution >= 0.6 is 0 Å². The highest BCUT2D eigenvalue weighted by Gasteiger charge is 2.15. The van der Waals surface area contributed by atoms with Crippen LogP contribution < -0.4 is 5.32 Å². The van der Waals surface area contributed by atoms with Gasteiger partial charge in [-0.3, -0.25) is 0 Å². The van der Waals surface area contributed by atoms with Crippen molar-refractivity contribution in [3.63, 3.8) is 0 Å². The van der Waals surface area contributed by atoms with Crippen molar-refractivity contribution in [2.75, 3.05) is 0 Å². The number of nitrogens with one attached hydrogen (secondary N) is 1. The molecule has 0 fully saturated rings. The Morgan fingerprint density at radius 3 is 2.78 bits per heavy atom. The summed E-state index contributed by atoms with van der Waals surface area (Å²) in [5, 5.41) is 12.2. The van der Waals surface area contributed by atoms with Crippen molar-refractivity contribution < 1.29 is 14.6 Å². The summed E-state index contributed by atoms with van der Waals surface area (Å²) < 4.78 is 5.04. The third-order valence-corrected chi connectivity index (χ3v) is 2.54. The summed E-state index contributed by atoms with van der Waals surface area (Å²) in [6, 6.07) is 9.05. The first-order chi connectivity index (χ1) is 8.63. The Morgan fingerprint density at radius 2 is 2.17 bits per heavy atom. The highest BCUT2D eigenvalue weighted by molar-refractivity contribution is 5.67. The smallest absolute Gasteiger partial charge is 0.407 e. The van der Waals surface area contributed by atoms with E-state index >= 15 is 0 Å². The van der Waals surface area contributed by atoms with Gasteiger partial charge in [0.05, 0.1) is 12.1 Å². The monoisotopic (exact) mass is 249 g/mol. The molecule has 0 aliphatic heterocycles. The van der Waals surface area contributed by atoms with Gasteiger partial charge in [-0.1, -0.05) is 36.4 Å². The van der Waals surface area contributed by atoms with Crippen LogP contribution in [-0.2, 0) is 11.3 Å². The maximum atomic E-state index is 11.5. The van der Waals surface area contributed by atoms with Gasteiger partial charge in [0.15, 0.2) is 0 Å². The number of aliphatic hydroxyl groups excluding tert-OH is 1. The van der Waals surface area contributed by atoms with E-state index in [1.807, 2.05) is 30.3 Å². The Kier molecular flexibility index (Phi) is 5.94. The third kappa shape index (κ3) is 5.01. The van der Waals surface area contributed by atoms with Gasteiger partial charge in [0.2, 0.25) is 0 Å². The average Bonchev–Trinajstić information content (AvgIpc) is 2.38. The van der Waals surface area contributed by atoms with E-state index in [9.17, 15) is 9.90 Å². The number of hydrogen-bond acceptors (Lipinski definition) is 3. The quantitative estimate of drug-likeness (QED) is 0.760. The van der Waals surface area contributed by atoms with Crippen LogP contribution in [0.2, 0.25) is 0 Å². The van der Waals surface area contributed by atoms with Crippen molar-refractivity contribution >= 4 is 6.09 Å². The fraction of sp³-hybridized carbons (Fsp3) is 0.357. The number of benzene rings is 1. The summed E-state index contributed by atoms with van der Waals surface area (Å²) in [6.45, 7) is 5.47. The van der Waals surface area contributed by atoms with Crippen LogP contribution in [0.15, 0.2) is 43.0 Å². The molecule has 0 spiro atoms. The molecule has 1 rings (SSSR count). The van der Waals surface area contributed by atoms with Crippen molar-refractivity contribution in [2.45, 2.75) is 32.1 Å². The van der Waals surface area contributed by atoms with E-state index in [-0.39, 0.29) is 12.6 Å². The fourth-order valence-electron chi connectivity index (χ4n) is 1.42. The Bertz CT molecular complexity index is 378. The van der Waals surface area contributed by atoms with Crippen LogP contribution in [-0.4, -0.2) is 23.3 Å². The van der Waals surface area contributed by atoms with E-state index in [1.54, 1.807) is 13.0 Å². The number of rotatable bonds is 6. The normalized spacial score (nSPS) is 13.4. The highest BCUT2D eigenvalue weighted by Crippen LogP contribution is 2.02. The van der Waals surface area contributed by atoms with Gasteiger partial charge in [-0.2, -0.15) is 0 Å². The lowest BCUT2D eigenvalue weighted by atomic mass is 10.1. The van der Waals surface area contributed by atoms with E-state index in [4.69, 9.17) is 4.74 Å². The van der Waals surface area contributed by atoms with E-state index in [2.05, 4.69) is 11.9 Å². The zero-order valence-corrected chi connectivity index (χ0v) is 10.5. The van der Waals surface area contributed by atoms with E-state index in [0.29, 0.717) is 6.42 Å². The number of ether oxygens (including phenoxy) is 1. The molecule has 98 valence electrons. The first kappa shape index (κ1) is 14.3. The number of aliphatic hydroxyl groups is 1. The lowest BCUT2D eigenvalue weighted by Crippen LogP contribution is -2.41. The molecule has 1 aromatic carbocycles. The summed E-state index contributed by atoms with van der Waals surface area (Å²) in [7, 11) is 0. The standard InChI is InChI=1S/C14H19NO3/c1-3-7-13(16)11(2)15-14(17)18-10-12-8-5-4-6-9-12/h3-6,8-9,11,13,16H,1,7,10H2,2H3,(H,15,17)/t11-,13-/m0/s1. The van der Waals surface area contributed by atoms with Gasteiger partial charge in [-0.05, 0) is 18.9 Å². The Morgan fingerprint density at radius 1 is 1.50 bits per heavy atom. The van der Waals surface area contributed by atoms with Crippen LogP contribution in [0.3, 0.4) is 0 Å². The summed E-state index contributed by atoms with van der Waals surface area (Å²) in [5.74, 6) is 0. The van der Waals surface area contributed by atoms with Crippen LogP contribution in [0.4, 0.5) is 4.79 Å². The maximum Gasteiger partial charge on any atom is 0.407 e. The lowest BCUT2D eigenvalue weighted by molar-refractivity contribution is 0.107. The Labute approximate surface area is 107 Å². The zero-order chi connectivity index (χ0) is 13.4. The third-order valence-electron chi connectivity index (χ3n) is 2.54. The van der Waals surface area contributed by atoms with Crippen molar-refractivity contribution in [1.29, 1.82) is 0 Å². The lowest BCUT2D eigenvalue weighted by Gasteiger charge is -2.18. The van der Waals surface area contributed by atoms with Gasteiger partial charge in [0, 0.05) is 0 Å². The molecule has 0 aliphatic carbocycles. The van der Waals surface area contributed by atoms with Gasteiger partial charge in [-0.15, -0.1) is 6.58 Å². The second-order valence-corrected chi connectivity index (χ2v) is 4.09. The van der Waals surface area contributed by atoms with Crippen LogP contribution in [0.1, 0.15) is 18.9 Å². The molecule has 0 saturated carbocycles. The molecule has 0 unspecified atom stereocenters. The maximum absolute atomic E-state index is 11.5. The van der Waals surface area contributed by atoms with Gasteiger partial charge in [0.25, 0.3) is 0 Å². The molecule has 18 heavy (non-hydrogen) atoms. The molecular weight excluding hydrogens is 230 g/mol. The second kappa shape index (κ2) is 7.50. The van der Waals surface area contributed by atoms with E-state index < -0.39 is 12.2 Å². The topological polar surface area (TPSA) is 58.6 Å². The van der Waals surface area contributed by atoms with Crippen molar-refractivity contribution in [3.05, 3.63) is 48.6 Å². The molecule has 1 amide bonds. The molecule has 0 aliphatic rings. The number of amides is 1. The zero-order valence-electron chi connectivity index (χ0n) is 10.5. The minimum atomic E-state index is -0.647. The predicted octanol–water partition coefficient (Wildman–Crippen LogP) is 2.24. The molecule has 0 heterocycles. The largest absolute Gasteiger partial charge is 0.445 e. The Balaban J connectivity index is 2.31. The minimum Gasteiger partial charge on any atom is -0.445 e. The number of alkyl carbamates (subject to hydrolysis) is 1. The van der Waals surface area contributed by atoms with Gasteiger partial charge >= 0.3 is 6.09 Å². The summed E-state index contributed by atoms with van der Waals surface area (Å²) in [6.07, 6.45) is 0.861. The average molecular weight is 249 g/mol. The fourth-order valence-corrected chi connectivity index (χ4v) is 1.42. The predicted molar refractivity (Wildman–Crippen MR) is 70.0 cm³/mol. The molecule has 4 nitrogen and oxygen atoms in total. The van der Waals surface area contributed by atoms with Crippen molar-refractivity contribution in [1.82, 2.24) is 5.32 Å². The Hall–Kier alpha value is -1.81. The molecule has 1 aromatic rings. The summed E-state index contributed by atoms with van der Waals surface area (Å²) in [4.78, 5) is 11.5. The number of carbonyl (C=O) groups is 1. The molecule has 0 radical (unpaired) electrons. The molecule has 0 saturated heterocycles. The molecule has 4 heteroatoms. The molecule has 2 N–H and O–H groups in total. The summed E-state index contributed by atoms with van der Waals surface area (Å²) >= 11 is 0. The van der Waals surface area contributed by atoms with Gasteiger partial charge in [-0.25, -0.2) is 4.79 Å². The van der Waals surface area contributed by atoms with E-state index in [1.165, 1.54) is 0 Å². The molecule has 2 atom stereocenters. The van der Waals surface area contributed by atoms with Crippen LogP contribution in [0.25, 0.3) is 0 Å². The highest BCUT2D eigenvalue weighted by atomic mass is 16.5. The van der Waals surface area contributed by atoms with Crippen molar-refractivity contribution in [3.8, 4) is 0 Å². The molecular formula is C14H19NO3. The first-order valence-corrected chi connectivity index (χ1v) is 5.89. The summed E-state index contributed by atoms with van der Waals surface area (Å²) in [5.41, 5.74) is 0.923. The number of carbonyl (C=O) groups excluding carboxylic acids is 1. The first-order valence-electron chi connectivity index (χ1n) is 5.89. The second-order valence-electron chi connectivity index (χ2n) is 4.09. The van der Waals surface area contributed by atoms with Crippen molar-refractivity contribution in [2.24, 2.45) is 0 Å². The molecule has 0 bridgehead atoms. The van der Waals surface area contributed by atoms with E-state index in [0.717, 1.165) is 5.56 Å². The minimum absolute atomic E-state index is 0.219. The van der Waals surface area contributed by atoms with Crippen LogP contribution in [0, 0.1) is 0 Å². The van der Waals surface area contributed by atoms with Gasteiger partial charge in [0.1, 0.15) is 6.61 Å². The molecule has 0 aromatic heterocycles. The van der Waals surface area contributed by atoms with Crippen LogP contribution in [0.5, 0.6) is 0 Å². The SMILES string of the molecule is C=CC[C@H](O)[C@H](C)NC(=O)OCc1ccccc1.